The molecule has 0 aliphatic carbocycles. The standard InChI is InChI=1S/C16H26N2O3/c1-19-7-5-14(17)11-18-6-4-12-8-15(20-2)16(21-3)9-13(12)10-18/h8-9,14H,4-7,10-11,17H2,1-3H3. The first-order valence-electron chi connectivity index (χ1n) is 7.38. The lowest BCUT2D eigenvalue weighted by Gasteiger charge is -2.31. The molecule has 0 bridgehead atoms. The topological polar surface area (TPSA) is 57.0 Å². The third kappa shape index (κ3) is 4.09. The third-order valence-corrected chi connectivity index (χ3v) is 3.98. The van der Waals surface area contributed by atoms with Crippen LogP contribution in [0, 0.1) is 0 Å². The van der Waals surface area contributed by atoms with Crippen molar-refractivity contribution in [1.29, 1.82) is 0 Å². The molecule has 2 rings (SSSR count). The van der Waals surface area contributed by atoms with Gasteiger partial charge in [0.05, 0.1) is 14.2 Å². The van der Waals surface area contributed by atoms with Crippen molar-refractivity contribution in [2.75, 3.05) is 41.0 Å². The van der Waals surface area contributed by atoms with Gasteiger partial charge in [0.2, 0.25) is 0 Å². The molecule has 2 N–H and O–H groups in total. The van der Waals surface area contributed by atoms with E-state index in [4.69, 9.17) is 19.9 Å². The van der Waals surface area contributed by atoms with E-state index in [0.29, 0.717) is 0 Å². The highest BCUT2D eigenvalue weighted by atomic mass is 16.5. The smallest absolute Gasteiger partial charge is 0.161 e. The van der Waals surface area contributed by atoms with Gasteiger partial charge in [0, 0.05) is 39.4 Å². The predicted molar refractivity (Wildman–Crippen MR) is 83.0 cm³/mol. The molecule has 118 valence electrons. The maximum absolute atomic E-state index is 6.15. The van der Waals surface area contributed by atoms with Crippen LogP contribution in [0.2, 0.25) is 0 Å². The maximum atomic E-state index is 6.15. The van der Waals surface area contributed by atoms with E-state index in [-0.39, 0.29) is 6.04 Å². The van der Waals surface area contributed by atoms with E-state index in [1.54, 1.807) is 21.3 Å². The van der Waals surface area contributed by atoms with Gasteiger partial charge in [0.25, 0.3) is 0 Å². The van der Waals surface area contributed by atoms with E-state index < -0.39 is 0 Å². The quantitative estimate of drug-likeness (QED) is 0.824. The van der Waals surface area contributed by atoms with Gasteiger partial charge in [-0.2, -0.15) is 0 Å². The summed E-state index contributed by atoms with van der Waals surface area (Å²) in [6.07, 6.45) is 1.92. The number of benzene rings is 1. The molecule has 1 unspecified atom stereocenters. The van der Waals surface area contributed by atoms with Gasteiger partial charge in [-0.05, 0) is 36.1 Å². The lowest BCUT2D eigenvalue weighted by atomic mass is 9.98. The van der Waals surface area contributed by atoms with Crippen molar-refractivity contribution in [1.82, 2.24) is 4.90 Å². The van der Waals surface area contributed by atoms with Crippen molar-refractivity contribution in [3.05, 3.63) is 23.3 Å². The molecule has 0 saturated heterocycles. The summed E-state index contributed by atoms with van der Waals surface area (Å²) in [5, 5.41) is 0. The molecule has 5 heteroatoms. The van der Waals surface area contributed by atoms with E-state index in [1.807, 2.05) is 0 Å². The zero-order chi connectivity index (χ0) is 15.2. The van der Waals surface area contributed by atoms with Gasteiger partial charge in [-0.25, -0.2) is 0 Å². The molecule has 0 spiro atoms. The zero-order valence-corrected chi connectivity index (χ0v) is 13.2. The lowest BCUT2D eigenvalue weighted by molar-refractivity contribution is 0.171. The minimum Gasteiger partial charge on any atom is -0.493 e. The Morgan fingerprint density at radius 2 is 1.81 bits per heavy atom. The van der Waals surface area contributed by atoms with Gasteiger partial charge in [-0.3, -0.25) is 4.90 Å². The number of fused-ring (bicyclic) bond motifs is 1. The highest BCUT2D eigenvalue weighted by molar-refractivity contribution is 5.48. The molecule has 0 aromatic heterocycles. The number of rotatable bonds is 7. The van der Waals surface area contributed by atoms with Crippen LogP contribution in [0.25, 0.3) is 0 Å². The summed E-state index contributed by atoms with van der Waals surface area (Å²) in [5.41, 5.74) is 8.79. The van der Waals surface area contributed by atoms with Crippen LogP contribution in [-0.4, -0.2) is 52.0 Å². The second-order valence-electron chi connectivity index (χ2n) is 5.50. The molecule has 1 atom stereocenters. The lowest BCUT2D eigenvalue weighted by Crippen LogP contribution is -2.40. The SMILES string of the molecule is COCCC(N)CN1CCc2cc(OC)c(OC)cc2C1. The van der Waals surface area contributed by atoms with Gasteiger partial charge in [0.15, 0.2) is 11.5 Å². The van der Waals surface area contributed by atoms with E-state index in [1.165, 1.54) is 11.1 Å². The molecule has 0 amide bonds. The summed E-state index contributed by atoms with van der Waals surface area (Å²) < 4.78 is 15.8. The van der Waals surface area contributed by atoms with Crippen molar-refractivity contribution < 1.29 is 14.2 Å². The van der Waals surface area contributed by atoms with Crippen LogP contribution in [-0.2, 0) is 17.7 Å². The van der Waals surface area contributed by atoms with Crippen molar-refractivity contribution in [2.45, 2.75) is 25.4 Å². The largest absolute Gasteiger partial charge is 0.493 e. The third-order valence-electron chi connectivity index (χ3n) is 3.98. The van der Waals surface area contributed by atoms with Crippen molar-refractivity contribution in [3.63, 3.8) is 0 Å². The second kappa shape index (κ2) is 7.64. The first kappa shape index (κ1) is 16.1. The Morgan fingerprint density at radius 3 is 2.43 bits per heavy atom. The number of nitrogens with two attached hydrogens (primary N) is 1. The van der Waals surface area contributed by atoms with Crippen LogP contribution >= 0.6 is 0 Å². The molecule has 0 fully saturated rings. The zero-order valence-electron chi connectivity index (χ0n) is 13.2. The molecule has 0 saturated carbocycles. The highest BCUT2D eigenvalue weighted by Gasteiger charge is 2.20. The van der Waals surface area contributed by atoms with Crippen LogP contribution in [0.15, 0.2) is 12.1 Å². The van der Waals surface area contributed by atoms with E-state index in [9.17, 15) is 0 Å². The Balaban J connectivity index is 2.02. The predicted octanol–water partition coefficient (Wildman–Crippen LogP) is 1.43. The molecule has 1 heterocycles. The number of nitrogens with zero attached hydrogens (tertiary/aromatic N) is 1. The van der Waals surface area contributed by atoms with E-state index >= 15 is 0 Å². The number of ether oxygens (including phenoxy) is 3. The number of hydrogen-bond acceptors (Lipinski definition) is 5. The second-order valence-corrected chi connectivity index (χ2v) is 5.50. The van der Waals surface area contributed by atoms with Crippen LogP contribution in [0.5, 0.6) is 11.5 Å². The number of hydrogen-bond donors (Lipinski definition) is 1. The fourth-order valence-electron chi connectivity index (χ4n) is 2.79. The molecule has 0 radical (unpaired) electrons. The average molecular weight is 294 g/mol. The molecule has 1 aliphatic rings. The van der Waals surface area contributed by atoms with Gasteiger partial charge in [0.1, 0.15) is 0 Å². The monoisotopic (exact) mass is 294 g/mol. The molecule has 21 heavy (non-hydrogen) atoms. The normalized spacial score (nSPS) is 16.4. The fourth-order valence-corrected chi connectivity index (χ4v) is 2.79. The van der Waals surface area contributed by atoms with Gasteiger partial charge < -0.3 is 19.9 Å². The van der Waals surface area contributed by atoms with Crippen molar-refractivity contribution >= 4 is 0 Å². The molecular formula is C16H26N2O3. The van der Waals surface area contributed by atoms with Crippen molar-refractivity contribution in [3.8, 4) is 11.5 Å². The summed E-state index contributed by atoms with van der Waals surface area (Å²) in [7, 11) is 5.06. The van der Waals surface area contributed by atoms with E-state index in [0.717, 1.165) is 50.6 Å². The van der Waals surface area contributed by atoms with Crippen LogP contribution in [0.1, 0.15) is 17.5 Å². The van der Waals surface area contributed by atoms with Crippen LogP contribution in [0.3, 0.4) is 0 Å². The highest BCUT2D eigenvalue weighted by Crippen LogP contribution is 2.33. The van der Waals surface area contributed by atoms with Crippen molar-refractivity contribution in [2.24, 2.45) is 5.73 Å². The Kier molecular flexibility index (Phi) is 5.85. The van der Waals surface area contributed by atoms with E-state index in [2.05, 4.69) is 17.0 Å². The maximum Gasteiger partial charge on any atom is 0.161 e. The minimum atomic E-state index is 0.159. The minimum absolute atomic E-state index is 0.159. The number of methoxy groups -OCH3 is 3. The Labute approximate surface area is 127 Å². The summed E-state index contributed by atoms with van der Waals surface area (Å²) in [6, 6.07) is 4.34. The average Bonchev–Trinajstić information content (AvgIpc) is 2.51. The molecular weight excluding hydrogens is 268 g/mol. The van der Waals surface area contributed by atoms with Gasteiger partial charge >= 0.3 is 0 Å². The van der Waals surface area contributed by atoms with Crippen LogP contribution in [0.4, 0.5) is 0 Å². The van der Waals surface area contributed by atoms with Crippen LogP contribution < -0.4 is 15.2 Å². The van der Waals surface area contributed by atoms with Gasteiger partial charge in [-0.1, -0.05) is 0 Å². The summed E-state index contributed by atoms with van der Waals surface area (Å²) >= 11 is 0. The Morgan fingerprint density at radius 1 is 1.14 bits per heavy atom. The Hall–Kier alpha value is -1.30. The molecule has 5 nitrogen and oxygen atoms in total. The fraction of sp³-hybridized carbons (Fsp3) is 0.625. The molecule has 1 aromatic carbocycles. The summed E-state index contributed by atoms with van der Waals surface area (Å²) in [5.74, 6) is 1.60. The first-order chi connectivity index (χ1) is 10.2. The van der Waals surface area contributed by atoms with Gasteiger partial charge in [-0.15, -0.1) is 0 Å². The summed E-state index contributed by atoms with van der Waals surface area (Å²) in [6.45, 7) is 3.56. The molecule has 1 aliphatic heterocycles. The molecule has 1 aromatic rings. The Bertz CT molecular complexity index is 465. The first-order valence-corrected chi connectivity index (χ1v) is 7.38. The summed E-state index contributed by atoms with van der Waals surface area (Å²) in [4.78, 5) is 2.40.